The van der Waals surface area contributed by atoms with Crippen molar-refractivity contribution in [3.05, 3.63) is 41.4 Å². The molecule has 29 heavy (non-hydrogen) atoms. The van der Waals surface area contributed by atoms with Crippen molar-refractivity contribution in [3.8, 4) is 11.8 Å². The molecule has 1 fully saturated rings. The fraction of sp³-hybridized carbons (Fsp3) is 0.500. The lowest BCUT2D eigenvalue weighted by Crippen LogP contribution is -2.33. The Labute approximate surface area is 176 Å². The molecule has 2 heterocycles. The minimum atomic E-state index is 0.0144. The fourth-order valence-corrected chi connectivity index (χ4v) is 2.86. The number of aromatic nitrogens is 3. The zero-order chi connectivity index (χ0) is 21.1. The monoisotopic (exact) mass is 422 g/mol. The quantitative estimate of drug-likeness (QED) is 0.653. The maximum atomic E-state index is 10.5. The summed E-state index contributed by atoms with van der Waals surface area (Å²) in [7, 11) is 1.49. The van der Waals surface area contributed by atoms with Crippen molar-refractivity contribution in [1.82, 2.24) is 20.3 Å². The first-order valence-electron chi connectivity index (χ1n) is 9.41. The molecule has 0 unspecified atom stereocenters. The molecule has 0 spiro atoms. The Bertz CT molecular complexity index is 757. The highest BCUT2D eigenvalue weighted by Gasteiger charge is 2.25. The maximum Gasteiger partial charge on any atom is 0.240 e. The van der Waals surface area contributed by atoms with Gasteiger partial charge in [-0.05, 0) is 36.5 Å². The lowest BCUT2D eigenvalue weighted by atomic mass is 9.84. The molecule has 2 aromatic heterocycles. The van der Waals surface area contributed by atoms with Crippen molar-refractivity contribution in [2.75, 3.05) is 20.3 Å². The lowest BCUT2D eigenvalue weighted by molar-refractivity contribution is -0.119. The normalized spacial score (nSPS) is 17.4. The van der Waals surface area contributed by atoms with Gasteiger partial charge in [-0.2, -0.15) is 0 Å². The summed E-state index contributed by atoms with van der Waals surface area (Å²) >= 11 is 5.99. The second kappa shape index (κ2) is 12.2. The number of methoxy groups -OCH3 is 1. The number of hydrogen-bond acceptors (Lipinski definition) is 7. The number of carbonyl (C=O) groups excluding carboxylic acids is 1. The van der Waals surface area contributed by atoms with Gasteiger partial charge in [-0.15, -0.1) is 0 Å². The number of ether oxygens (including phenoxy) is 3. The molecule has 2 aromatic rings. The van der Waals surface area contributed by atoms with Crippen molar-refractivity contribution < 1.29 is 19.0 Å². The first-order chi connectivity index (χ1) is 14.0. The first-order valence-corrected chi connectivity index (χ1v) is 9.79. The van der Waals surface area contributed by atoms with Crippen LogP contribution in [0.4, 0.5) is 0 Å². The summed E-state index contributed by atoms with van der Waals surface area (Å²) in [6, 6.07) is 3.71. The van der Waals surface area contributed by atoms with E-state index in [9.17, 15) is 4.79 Å². The van der Waals surface area contributed by atoms with Crippen LogP contribution < -0.4 is 14.8 Å². The average Bonchev–Trinajstić information content (AvgIpc) is 2.70. The molecule has 0 saturated heterocycles. The number of halogens is 1. The van der Waals surface area contributed by atoms with E-state index in [1.54, 1.807) is 12.4 Å². The number of pyridine rings is 1. The number of nitrogens with one attached hydrogen (secondary N) is 1. The number of hydrogen-bond donors (Lipinski definition) is 1. The zero-order valence-corrected chi connectivity index (χ0v) is 17.7. The van der Waals surface area contributed by atoms with Crippen molar-refractivity contribution in [1.29, 1.82) is 0 Å². The summed E-state index contributed by atoms with van der Waals surface area (Å²) in [5.41, 5.74) is 0.980. The third-order valence-electron chi connectivity index (χ3n) is 4.20. The van der Waals surface area contributed by atoms with E-state index in [-0.39, 0.29) is 10.9 Å². The van der Waals surface area contributed by atoms with Gasteiger partial charge in [0.05, 0.1) is 19.8 Å². The van der Waals surface area contributed by atoms with E-state index in [0.29, 0.717) is 37.6 Å². The average molecular weight is 423 g/mol. The summed E-state index contributed by atoms with van der Waals surface area (Å²) in [6.07, 6.45) is 7.54. The van der Waals surface area contributed by atoms with E-state index in [1.807, 2.05) is 12.1 Å². The third kappa shape index (κ3) is 8.21. The molecular weight excluding hydrogens is 396 g/mol. The SMILES string of the molecule is CC(=O)NCCOC1CC(C)C1.COc1ncnc(OCc2ccncc2)c1Cl. The van der Waals surface area contributed by atoms with Crippen LogP contribution in [0.3, 0.4) is 0 Å². The molecule has 0 bridgehead atoms. The minimum Gasteiger partial charge on any atom is -0.480 e. The number of nitrogens with zero attached hydrogens (tertiary/aromatic N) is 3. The van der Waals surface area contributed by atoms with Crippen LogP contribution in [0.1, 0.15) is 32.3 Å². The summed E-state index contributed by atoms with van der Waals surface area (Å²) in [4.78, 5) is 22.2. The predicted octanol–water partition coefficient (Wildman–Crippen LogP) is 3.05. The number of carbonyl (C=O) groups is 1. The molecule has 1 amide bonds. The molecule has 1 aliphatic rings. The van der Waals surface area contributed by atoms with Crippen LogP contribution in [0, 0.1) is 5.92 Å². The summed E-state index contributed by atoms with van der Waals surface area (Å²) in [5.74, 6) is 1.44. The molecule has 9 heteroatoms. The van der Waals surface area contributed by atoms with Crippen LogP contribution >= 0.6 is 11.6 Å². The highest BCUT2D eigenvalue weighted by atomic mass is 35.5. The van der Waals surface area contributed by atoms with Crippen LogP contribution in [0.5, 0.6) is 11.8 Å². The van der Waals surface area contributed by atoms with Gasteiger partial charge in [-0.1, -0.05) is 18.5 Å². The number of rotatable bonds is 8. The van der Waals surface area contributed by atoms with Crippen molar-refractivity contribution >= 4 is 17.5 Å². The van der Waals surface area contributed by atoms with Crippen LogP contribution in [0.25, 0.3) is 0 Å². The van der Waals surface area contributed by atoms with Gasteiger partial charge in [0.1, 0.15) is 12.9 Å². The Hall–Kier alpha value is -2.45. The Morgan fingerprint density at radius 3 is 2.55 bits per heavy atom. The largest absolute Gasteiger partial charge is 0.480 e. The Balaban J connectivity index is 0.000000221. The molecule has 1 saturated carbocycles. The van der Waals surface area contributed by atoms with E-state index in [0.717, 1.165) is 11.5 Å². The van der Waals surface area contributed by atoms with Crippen LogP contribution in [0.2, 0.25) is 5.02 Å². The smallest absolute Gasteiger partial charge is 0.240 e. The van der Waals surface area contributed by atoms with Gasteiger partial charge >= 0.3 is 0 Å². The van der Waals surface area contributed by atoms with E-state index in [2.05, 4.69) is 27.2 Å². The summed E-state index contributed by atoms with van der Waals surface area (Å²) in [6.45, 7) is 5.40. The second-order valence-corrected chi connectivity index (χ2v) is 7.08. The molecule has 3 rings (SSSR count). The molecule has 158 valence electrons. The predicted molar refractivity (Wildman–Crippen MR) is 109 cm³/mol. The van der Waals surface area contributed by atoms with Crippen LogP contribution in [-0.4, -0.2) is 47.2 Å². The molecule has 0 atom stereocenters. The first kappa shape index (κ1) is 22.8. The van der Waals surface area contributed by atoms with Gasteiger partial charge in [-0.25, -0.2) is 9.97 Å². The molecular formula is C20H27ClN4O4. The molecule has 1 aliphatic carbocycles. The molecule has 0 aliphatic heterocycles. The van der Waals surface area contributed by atoms with Crippen molar-refractivity contribution in [2.24, 2.45) is 5.92 Å². The molecule has 0 radical (unpaired) electrons. The lowest BCUT2D eigenvalue weighted by Gasteiger charge is -2.32. The van der Waals surface area contributed by atoms with Crippen LogP contribution in [-0.2, 0) is 16.1 Å². The summed E-state index contributed by atoms with van der Waals surface area (Å²) in [5, 5.41) is 2.96. The maximum absolute atomic E-state index is 10.5. The van der Waals surface area contributed by atoms with Crippen LogP contribution in [0.15, 0.2) is 30.9 Å². The molecule has 0 aromatic carbocycles. The standard InChI is InChI=1S/C11H10ClN3O2.C9H17NO2/c1-16-10-9(12)11(15-7-14-10)17-6-8-2-4-13-5-3-8;1-7-5-9(6-7)12-4-3-10-8(2)11/h2-5,7H,6H2,1H3;7,9H,3-6H2,1-2H3,(H,10,11). The summed E-state index contributed by atoms with van der Waals surface area (Å²) < 4.78 is 15.9. The van der Waals surface area contributed by atoms with Gasteiger partial charge in [0.15, 0.2) is 5.02 Å². The van der Waals surface area contributed by atoms with Gasteiger partial charge in [0, 0.05) is 25.9 Å². The third-order valence-corrected chi connectivity index (χ3v) is 4.53. The Morgan fingerprint density at radius 1 is 1.24 bits per heavy atom. The van der Waals surface area contributed by atoms with Gasteiger partial charge < -0.3 is 19.5 Å². The highest BCUT2D eigenvalue weighted by Crippen LogP contribution is 2.30. The van der Waals surface area contributed by atoms with Gasteiger partial charge in [0.25, 0.3) is 0 Å². The minimum absolute atomic E-state index is 0.0144. The Morgan fingerprint density at radius 2 is 1.93 bits per heavy atom. The van der Waals surface area contributed by atoms with Gasteiger partial charge in [0.2, 0.25) is 17.7 Å². The second-order valence-electron chi connectivity index (χ2n) is 6.70. The molecule has 1 N–H and O–H groups in total. The van der Waals surface area contributed by atoms with E-state index in [4.69, 9.17) is 25.8 Å². The van der Waals surface area contributed by atoms with Crippen molar-refractivity contribution in [2.45, 2.75) is 39.4 Å². The van der Waals surface area contributed by atoms with E-state index < -0.39 is 0 Å². The number of amides is 1. The van der Waals surface area contributed by atoms with E-state index >= 15 is 0 Å². The topological polar surface area (TPSA) is 95.5 Å². The zero-order valence-electron chi connectivity index (χ0n) is 16.9. The molecule has 8 nitrogen and oxygen atoms in total. The van der Waals surface area contributed by atoms with E-state index in [1.165, 1.54) is 33.2 Å². The van der Waals surface area contributed by atoms with Gasteiger partial charge in [-0.3, -0.25) is 9.78 Å². The Kier molecular flexibility index (Phi) is 9.59. The van der Waals surface area contributed by atoms with Crippen molar-refractivity contribution in [3.63, 3.8) is 0 Å². The highest BCUT2D eigenvalue weighted by molar-refractivity contribution is 6.33. The fourth-order valence-electron chi connectivity index (χ4n) is 2.63.